The van der Waals surface area contributed by atoms with Crippen LogP contribution in [0.2, 0.25) is 0 Å². The van der Waals surface area contributed by atoms with Gasteiger partial charge in [-0.3, -0.25) is 4.98 Å². The Morgan fingerprint density at radius 3 is 2.76 bits per heavy atom. The predicted octanol–water partition coefficient (Wildman–Crippen LogP) is 3.85. The van der Waals surface area contributed by atoms with Gasteiger partial charge in [-0.05, 0) is 33.6 Å². The van der Waals surface area contributed by atoms with Gasteiger partial charge in [0.2, 0.25) is 0 Å². The molecule has 3 aromatic heterocycles. The molecule has 3 N–H and O–H groups in total. The van der Waals surface area contributed by atoms with E-state index >= 15 is 0 Å². The van der Waals surface area contributed by atoms with Crippen molar-refractivity contribution in [3.05, 3.63) is 60.4 Å². The number of nitrogens with zero attached hydrogens (tertiary/aromatic N) is 5. The van der Waals surface area contributed by atoms with Crippen molar-refractivity contribution in [1.29, 1.82) is 0 Å². The van der Waals surface area contributed by atoms with E-state index in [1.54, 1.807) is 6.20 Å². The molecule has 29 heavy (non-hydrogen) atoms. The number of imidazole rings is 1. The van der Waals surface area contributed by atoms with Crippen LogP contribution in [0, 0.1) is 0 Å². The maximum absolute atomic E-state index is 5.89. The fraction of sp³-hybridized carbons (Fsp3) is 0.143. The summed E-state index contributed by atoms with van der Waals surface area (Å²) in [4.78, 5) is 9.02. The summed E-state index contributed by atoms with van der Waals surface area (Å²) in [5.41, 5.74) is 10.1. The van der Waals surface area contributed by atoms with Crippen LogP contribution in [-0.4, -0.2) is 24.8 Å². The Morgan fingerprint density at radius 2 is 1.93 bits per heavy atom. The Kier molecular flexibility index (Phi) is 4.09. The van der Waals surface area contributed by atoms with Gasteiger partial charge in [0, 0.05) is 13.1 Å². The number of hydrogen-bond acceptors (Lipinski definition) is 7. The van der Waals surface area contributed by atoms with Crippen LogP contribution in [0.5, 0.6) is 0 Å². The minimum Gasteiger partial charge on any atom is -0.379 e. The quantitative estimate of drug-likeness (QED) is 0.473. The molecule has 0 amide bonds. The third kappa shape index (κ3) is 2.85. The maximum atomic E-state index is 5.89. The van der Waals surface area contributed by atoms with E-state index in [0.29, 0.717) is 24.6 Å². The van der Waals surface area contributed by atoms with Crippen LogP contribution in [0.1, 0.15) is 12.5 Å². The summed E-state index contributed by atoms with van der Waals surface area (Å²) in [6, 6.07) is 14.7. The van der Waals surface area contributed by atoms with E-state index in [1.165, 1.54) is 16.3 Å². The van der Waals surface area contributed by atoms with Crippen molar-refractivity contribution in [2.75, 3.05) is 11.1 Å². The highest BCUT2D eigenvalue weighted by Crippen LogP contribution is 2.30. The van der Waals surface area contributed by atoms with Crippen molar-refractivity contribution >= 4 is 33.3 Å². The van der Waals surface area contributed by atoms with Crippen molar-refractivity contribution in [1.82, 2.24) is 24.8 Å². The van der Waals surface area contributed by atoms with Gasteiger partial charge in [0.1, 0.15) is 5.52 Å². The number of nitrogens with two attached hydrogens (primary N) is 1. The highest BCUT2D eigenvalue weighted by molar-refractivity contribution is 5.91. The molecule has 0 aliphatic carbocycles. The van der Waals surface area contributed by atoms with Gasteiger partial charge in [-0.25, -0.2) is 9.61 Å². The van der Waals surface area contributed by atoms with E-state index in [2.05, 4.69) is 68.1 Å². The lowest BCUT2D eigenvalue weighted by Crippen LogP contribution is -2.05. The smallest absolute Gasteiger partial charge is 0.199 e. The molecule has 0 saturated carbocycles. The molecule has 0 fully saturated rings. The van der Waals surface area contributed by atoms with E-state index in [0.717, 1.165) is 16.7 Å². The summed E-state index contributed by atoms with van der Waals surface area (Å²) in [6.07, 6.45) is 3.55. The molecule has 0 radical (unpaired) electrons. The number of rotatable bonds is 5. The normalized spacial score (nSPS) is 11.3. The van der Waals surface area contributed by atoms with Crippen molar-refractivity contribution < 1.29 is 4.63 Å². The summed E-state index contributed by atoms with van der Waals surface area (Å²) in [5, 5.41) is 13.6. The van der Waals surface area contributed by atoms with Crippen molar-refractivity contribution in [2.24, 2.45) is 0 Å². The molecule has 0 spiro atoms. The highest BCUT2D eigenvalue weighted by Gasteiger charge is 2.20. The van der Waals surface area contributed by atoms with Crippen LogP contribution in [0.15, 0.2) is 59.5 Å². The lowest BCUT2D eigenvalue weighted by Gasteiger charge is -2.12. The second-order valence-corrected chi connectivity index (χ2v) is 6.72. The first-order chi connectivity index (χ1) is 14.3. The number of benzene rings is 2. The largest absolute Gasteiger partial charge is 0.379 e. The number of anilines is 2. The molecule has 0 aliphatic rings. The molecule has 0 aliphatic heterocycles. The van der Waals surface area contributed by atoms with Gasteiger partial charge in [-0.1, -0.05) is 42.5 Å². The van der Waals surface area contributed by atoms with Gasteiger partial charge in [0.05, 0.1) is 23.6 Å². The molecule has 8 nitrogen and oxygen atoms in total. The first-order valence-corrected chi connectivity index (χ1v) is 9.39. The molecule has 0 saturated heterocycles. The number of aromatic nitrogens is 5. The maximum Gasteiger partial charge on any atom is 0.199 e. The van der Waals surface area contributed by atoms with E-state index in [1.807, 2.05) is 17.7 Å². The van der Waals surface area contributed by atoms with Crippen LogP contribution in [0.4, 0.5) is 11.5 Å². The lowest BCUT2D eigenvalue weighted by atomic mass is 10.0. The minimum absolute atomic E-state index is 0.216. The monoisotopic (exact) mass is 385 g/mol. The molecule has 0 unspecified atom stereocenters. The Morgan fingerprint density at radius 1 is 1.07 bits per heavy atom. The number of aryl methyl sites for hydroxylation is 1. The summed E-state index contributed by atoms with van der Waals surface area (Å²) >= 11 is 0. The fourth-order valence-corrected chi connectivity index (χ4v) is 3.69. The molecular weight excluding hydrogens is 366 g/mol. The van der Waals surface area contributed by atoms with Gasteiger partial charge >= 0.3 is 0 Å². The lowest BCUT2D eigenvalue weighted by molar-refractivity contribution is 0.310. The highest BCUT2D eigenvalue weighted by atomic mass is 16.6. The average Bonchev–Trinajstić information content (AvgIpc) is 3.35. The second kappa shape index (κ2) is 6.90. The van der Waals surface area contributed by atoms with Gasteiger partial charge in [-0.15, -0.1) is 0 Å². The molecular formula is C21H19N7O. The van der Waals surface area contributed by atoms with Crippen LogP contribution < -0.4 is 11.1 Å². The third-order valence-corrected chi connectivity index (χ3v) is 5.04. The predicted molar refractivity (Wildman–Crippen MR) is 112 cm³/mol. The Bertz CT molecular complexity index is 1320. The number of pyridine rings is 1. The molecule has 5 aromatic rings. The van der Waals surface area contributed by atoms with Crippen LogP contribution >= 0.6 is 0 Å². The number of nitrogens with one attached hydrogen (secondary N) is 1. The third-order valence-electron chi connectivity index (χ3n) is 5.04. The average molecular weight is 385 g/mol. The SMILES string of the molecule is CCn1c(-c2nonc2N)nc2cncc(NCc3cccc4ccccc34)c21. The van der Waals surface area contributed by atoms with E-state index in [9.17, 15) is 0 Å². The zero-order chi connectivity index (χ0) is 19.8. The minimum atomic E-state index is 0.216. The summed E-state index contributed by atoms with van der Waals surface area (Å²) in [7, 11) is 0. The number of hydrogen-bond donors (Lipinski definition) is 2. The van der Waals surface area contributed by atoms with Gasteiger partial charge in [0.15, 0.2) is 17.3 Å². The van der Waals surface area contributed by atoms with E-state index in [4.69, 9.17) is 10.4 Å². The topological polar surface area (TPSA) is 108 Å². The Balaban J connectivity index is 1.57. The molecule has 8 heteroatoms. The number of fused-ring (bicyclic) bond motifs is 2. The molecule has 2 aromatic carbocycles. The van der Waals surface area contributed by atoms with Crippen molar-refractivity contribution in [3.63, 3.8) is 0 Å². The summed E-state index contributed by atoms with van der Waals surface area (Å²) in [6.45, 7) is 3.40. The van der Waals surface area contributed by atoms with Crippen molar-refractivity contribution in [3.8, 4) is 11.5 Å². The molecule has 0 bridgehead atoms. The summed E-state index contributed by atoms with van der Waals surface area (Å²) < 4.78 is 6.80. The molecule has 3 heterocycles. The Hall–Kier alpha value is -3.94. The molecule has 0 atom stereocenters. The van der Waals surface area contributed by atoms with Crippen LogP contribution in [-0.2, 0) is 13.1 Å². The first-order valence-electron chi connectivity index (χ1n) is 9.39. The zero-order valence-electron chi connectivity index (χ0n) is 15.8. The van der Waals surface area contributed by atoms with E-state index < -0.39 is 0 Å². The van der Waals surface area contributed by atoms with Gasteiger partial charge in [0.25, 0.3) is 0 Å². The zero-order valence-corrected chi connectivity index (χ0v) is 15.8. The standard InChI is InChI=1S/C21H19N7O/c1-2-28-19-16(24-10-14-8-5-7-13-6-3-4-9-15(13)14)11-23-12-17(19)25-21(28)18-20(22)27-29-26-18/h3-9,11-12,24H,2,10H2,1H3,(H2,22,27). The van der Waals surface area contributed by atoms with Crippen molar-refractivity contribution in [2.45, 2.75) is 20.0 Å². The first kappa shape index (κ1) is 17.2. The van der Waals surface area contributed by atoms with Crippen LogP contribution in [0.25, 0.3) is 33.3 Å². The van der Waals surface area contributed by atoms with E-state index in [-0.39, 0.29) is 5.82 Å². The van der Waals surface area contributed by atoms with Crippen LogP contribution in [0.3, 0.4) is 0 Å². The molecule has 144 valence electrons. The fourth-order valence-electron chi connectivity index (χ4n) is 3.69. The Labute approximate surface area is 166 Å². The summed E-state index contributed by atoms with van der Waals surface area (Å²) in [5.74, 6) is 0.829. The van der Waals surface area contributed by atoms with Gasteiger partial charge in [-0.2, -0.15) is 0 Å². The number of nitrogen functional groups attached to an aromatic ring is 1. The van der Waals surface area contributed by atoms with Gasteiger partial charge < -0.3 is 15.6 Å². The molecule has 5 rings (SSSR count). The second-order valence-electron chi connectivity index (χ2n) is 6.72.